The third kappa shape index (κ3) is 4.23. The van der Waals surface area contributed by atoms with Gasteiger partial charge in [0.2, 0.25) is 0 Å². The van der Waals surface area contributed by atoms with E-state index in [-0.39, 0.29) is 0 Å². The highest BCUT2D eigenvalue weighted by atomic mass is 79.9. The summed E-state index contributed by atoms with van der Waals surface area (Å²) in [5.74, 6) is 0.299. The van der Waals surface area contributed by atoms with Crippen LogP contribution < -0.4 is 16.0 Å². The number of piperidine rings is 1. The second-order valence-corrected chi connectivity index (χ2v) is 7.57. The van der Waals surface area contributed by atoms with Gasteiger partial charge in [-0.2, -0.15) is 0 Å². The van der Waals surface area contributed by atoms with E-state index in [1.807, 2.05) is 0 Å². The van der Waals surface area contributed by atoms with Gasteiger partial charge in [-0.15, -0.1) is 0 Å². The number of primary amides is 1. The fourth-order valence-corrected chi connectivity index (χ4v) is 4.06. The average molecular weight is 381 g/mol. The van der Waals surface area contributed by atoms with E-state index in [0.29, 0.717) is 17.6 Å². The van der Waals surface area contributed by atoms with Crippen LogP contribution in [-0.2, 0) is 0 Å². The Bertz CT molecular complexity index is 552. The number of amides is 1. The molecular weight excluding hydrogens is 356 g/mol. The minimum absolute atomic E-state index is 0.420. The summed E-state index contributed by atoms with van der Waals surface area (Å²) in [6.45, 7) is 1.83. The fourth-order valence-electron chi connectivity index (χ4n) is 3.73. The van der Waals surface area contributed by atoms with Gasteiger partial charge in [0, 0.05) is 35.8 Å². The van der Waals surface area contributed by atoms with Crippen LogP contribution in [0.5, 0.6) is 0 Å². The monoisotopic (exact) mass is 380 g/mol. The van der Waals surface area contributed by atoms with Crippen molar-refractivity contribution in [2.75, 3.05) is 18.0 Å². The van der Waals surface area contributed by atoms with Crippen LogP contribution >= 0.6 is 15.9 Å². The first-order valence-corrected chi connectivity index (χ1v) is 9.39. The molecule has 2 heterocycles. The van der Waals surface area contributed by atoms with Crippen LogP contribution in [-0.4, -0.2) is 36.1 Å². The Kier molecular flexibility index (Phi) is 5.54. The quantitative estimate of drug-likeness (QED) is 0.842. The van der Waals surface area contributed by atoms with Crippen LogP contribution in [0.2, 0.25) is 0 Å². The molecule has 0 unspecified atom stereocenters. The van der Waals surface area contributed by atoms with E-state index in [9.17, 15) is 4.79 Å². The smallest absolute Gasteiger partial charge is 0.252 e. The molecule has 1 saturated carbocycles. The predicted octanol–water partition coefficient (Wildman–Crippen LogP) is 2.83. The highest BCUT2D eigenvalue weighted by Gasteiger charge is 2.25. The Morgan fingerprint density at radius 1 is 1.17 bits per heavy atom. The first-order chi connectivity index (χ1) is 11.1. The highest BCUT2D eigenvalue weighted by Crippen LogP contribution is 2.25. The van der Waals surface area contributed by atoms with Gasteiger partial charge in [0.05, 0.1) is 5.56 Å². The molecule has 1 aliphatic carbocycles. The molecule has 0 spiro atoms. The van der Waals surface area contributed by atoms with Crippen molar-refractivity contribution in [1.82, 2.24) is 10.3 Å². The molecule has 2 aliphatic rings. The molecule has 0 atom stereocenters. The zero-order valence-corrected chi connectivity index (χ0v) is 15.0. The number of carbonyl (C=O) groups excluding carboxylic acids is 1. The number of nitrogens with one attached hydrogen (secondary N) is 1. The van der Waals surface area contributed by atoms with Crippen LogP contribution in [0.15, 0.2) is 16.7 Å². The second-order valence-electron chi connectivity index (χ2n) is 6.65. The van der Waals surface area contributed by atoms with Gasteiger partial charge in [-0.1, -0.05) is 19.3 Å². The van der Waals surface area contributed by atoms with Crippen LogP contribution in [0.4, 0.5) is 5.82 Å². The molecule has 1 aliphatic heterocycles. The van der Waals surface area contributed by atoms with Gasteiger partial charge in [-0.05, 0) is 47.7 Å². The van der Waals surface area contributed by atoms with E-state index < -0.39 is 5.91 Å². The topological polar surface area (TPSA) is 71.2 Å². The summed E-state index contributed by atoms with van der Waals surface area (Å²) in [6, 6.07) is 3.05. The Hall–Kier alpha value is -1.14. The zero-order valence-electron chi connectivity index (χ0n) is 13.4. The number of aromatic nitrogens is 1. The molecule has 0 radical (unpaired) electrons. The lowest BCUT2D eigenvalue weighted by Crippen LogP contribution is -2.47. The van der Waals surface area contributed by atoms with E-state index in [4.69, 9.17) is 5.73 Å². The maximum Gasteiger partial charge on any atom is 0.252 e. The summed E-state index contributed by atoms with van der Waals surface area (Å²) in [5.41, 5.74) is 6.00. The molecule has 1 amide bonds. The van der Waals surface area contributed by atoms with Gasteiger partial charge < -0.3 is 16.0 Å². The molecule has 0 bridgehead atoms. The number of nitrogens with zero attached hydrogens (tertiary/aromatic N) is 2. The Labute approximate surface area is 146 Å². The number of nitrogens with two attached hydrogens (primary N) is 1. The van der Waals surface area contributed by atoms with Crippen LogP contribution in [0.25, 0.3) is 0 Å². The largest absolute Gasteiger partial charge is 0.365 e. The molecule has 2 fully saturated rings. The van der Waals surface area contributed by atoms with Crippen molar-refractivity contribution in [2.45, 2.75) is 57.0 Å². The standard InChI is InChI=1S/C17H25BrN4O/c18-12-10-15(16(19)23)17(20-11-12)22-8-6-14(7-9-22)21-13-4-2-1-3-5-13/h10-11,13-14,21H,1-9H2,(H2,19,23). The van der Waals surface area contributed by atoms with Crippen molar-refractivity contribution in [3.8, 4) is 0 Å². The van der Waals surface area contributed by atoms with E-state index in [1.165, 1.54) is 32.1 Å². The highest BCUT2D eigenvalue weighted by molar-refractivity contribution is 9.10. The third-order valence-electron chi connectivity index (χ3n) is 4.97. The summed E-state index contributed by atoms with van der Waals surface area (Å²) in [4.78, 5) is 18.3. The molecule has 1 aromatic rings. The van der Waals surface area contributed by atoms with E-state index in [0.717, 1.165) is 36.2 Å². The van der Waals surface area contributed by atoms with Crippen molar-refractivity contribution in [2.24, 2.45) is 5.73 Å². The molecule has 6 heteroatoms. The van der Waals surface area contributed by atoms with Crippen LogP contribution in [0, 0.1) is 0 Å². The lowest BCUT2D eigenvalue weighted by molar-refractivity contribution is 0.100. The first-order valence-electron chi connectivity index (χ1n) is 8.60. The first kappa shape index (κ1) is 16.7. The van der Waals surface area contributed by atoms with E-state index in [1.54, 1.807) is 12.3 Å². The molecule has 1 saturated heterocycles. The van der Waals surface area contributed by atoms with Gasteiger partial charge in [0.1, 0.15) is 5.82 Å². The van der Waals surface area contributed by atoms with Crippen molar-refractivity contribution in [1.29, 1.82) is 0 Å². The molecule has 126 valence electrons. The summed E-state index contributed by atoms with van der Waals surface area (Å²) in [5, 5.41) is 3.83. The Morgan fingerprint density at radius 2 is 1.83 bits per heavy atom. The lowest BCUT2D eigenvalue weighted by atomic mass is 9.93. The summed E-state index contributed by atoms with van der Waals surface area (Å²) in [6.07, 6.45) is 10.7. The minimum atomic E-state index is -0.420. The normalized spacial score (nSPS) is 20.7. The summed E-state index contributed by atoms with van der Waals surface area (Å²) in [7, 11) is 0. The number of anilines is 1. The number of pyridine rings is 1. The maximum atomic E-state index is 11.7. The van der Waals surface area contributed by atoms with Crippen molar-refractivity contribution in [3.63, 3.8) is 0 Å². The molecule has 23 heavy (non-hydrogen) atoms. The molecular formula is C17H25BrN4O. The number of rotatable bonds is 4. The molecule has 5 nitrogen and oxygen atoms in total. The third-order valence-corrected chi connectivity index (χ3v) is 5.40. The lowest BCUT2D eigenvalue weighted by Gasteiger charge is -2.36. The molecule has 1 aromatic heterocycles. The molecule has 3 N–H and O–H groups in total. The SMILES string of the molecule is NC(=O)c1cc(Br)cnc1N1CCC(NC2CCCCC2)CC1. The van der Waals surface area contributed by atoms with E-state index >= 15 is 0 Å². The zero-order chi connectivity index (χ0) is 16.2. The number of carbonyl (C=O) groups is 1. The van der Waals surface area contributed by atoms with Crippen molar-refractivity contribution < 1.29 is 4.79 Å². The van der Waals surface area contributed by atoms with Gasteiger partial charge in [-0.3, -0.25) is 4.79 Å². The van der Waals surface area contributed by atoms with Gasteiger partial charge in [-0.25, -0.2) is 4.98 Å². The van der Waals surface area contributed by atoms with E-state index in [2.05, 4.69) is 31.1 Å². The number of hydrogen-bond donors (Lipinski definition) is 2. The summed E-state index contributed by atoms with van der Waals surface area (Å²) >= 11 is 3.35. The molecule has 0 aromatic carbocycles. The van der Waals surface area contributed by atoms with Crippen LogP contribution in [0.3, 0.4) is 0 Å². The van der Waals surface area contributed by atoms with Crippen molar-refractivity contribution in [3.05, 3.63) is 22.3 Å². The molecule has 3 rings (SSSR count). The Morgan fingerprint density at radius 3 is 2.48 bits per heavy atom. The van der Waals surface area contributed by atoms with Gasteiger partial charge >= 0.3 is 0 Å². The average Bonchev–Trinajstić information content (AvgIpc) is 2.56. The number of hydrogen-bond acceptors (Lipinski definition) is 4. The van der Waals surface area contributed by atoms with Crippen LogP contribution in [0.1, 0.15) is 55.3 Å². The predicted molar refractivity (Wildman–Crippen MR) is 95.7 cm³/mol. The number of halogens is 1. The second kappa shape index (κ2) is 7.62. The Balaban J connectivity index is 1.59. The maximum absolute atomic E-state index is 11.7. The minimum Gasteiger partial charge on any atom is -0.365 e. The van der Waals surface area contributed by atoms with Crippen molar-refractivity contribution >= 4 is 27.7 Å². The van der Waals surface area contributed by atoms with Gasteiger partial charge in [0.15, 0.2) is 0 Å². The van der Waals surface area contributed by atoms with Gasteiger partial charge in [0.25, 0.3) is 5.91 Å². The summed E-state index contributed by atoms with van der Waals surface area (Å²) < 4.78 is 0.781. The fraction of sp³-hybridized carbons (Fsp3) is 0.647.